The molecule has 1 N–H and O–H groups in total. The van der Waals surface area contributed by atoms with Crippen molar-refractivity contribution in [1.29, 1.82) is 0 Å². The molecule has 0 unspecified atom stereocenters. The summed E-state index contributed by atoms with van der Waals surface area (Å²) in [6, 6.07) is 0. The van der Waals surface area contributed by atoms with Crippen LogP contribution in [0, 0.1) is 5.92 Å². The summed E-state index contributed by atoms with van der Waals surface area (Å²) in [5.41, 5.74) is 0. The molecule has 17 heavy (non-hydrogen) atoms. The lowest BCUT2D eigenvalue weighted by atomic mass is 10.2. The lowest BCUT2D eigenvalue weighted by molar-refractivity contribution is -0.140. The number of piperazine rings is 1. The van der Waals surface area contributed by atoms with Gasteiger partial charge in [0.05, 0.1) is 0 Å². The maximum absolute atomic E-state index is 11.8. The molecule has 96 valence electrons. The van der Waals surface area contributed by atoms with Crippen molar-refractivity contribution in [3.8, 4) is 0 Å². The van der Waals surface area contributed by atoms with Crippen molar-refractivity contribution in [2.45, 2.75) is 25.7 Å². The molecule has 1 saturated heterocycles. The number of carbonyl (C=O) groups is 2. The molecule has 2 aliphatic rings. The molecule has 0 aromatic rings. The average molecular weight is 240 g/mol. The zero-order valence-electron chi connectivity index (χ0n) is 10.1. The molecule has 1 aliphatic carbocycles. The van der Waals surface area contributed by atoms with Crippen molar-refractivity contribution in [3.05, 3.63) is 0 Å². The second kappa shape index (κ2) is 5.49. The van der Waals surface area contributed by atoms with E-state index in [4.69, 9.17) is 5.11 Å². The second-order valence-corrected chi connectivity index (χ2v) is 4.81. The first-order chi connectivity index (χ1) is 8.22. The van der Waals surface area contributed by atoms with Gasteiger partial charge in [-0.15, -0.1) is 0 Å². The van der Waals surface area contributed by atoms with Crippen LogP contribution in [-0.4, -0.2) is 59.5 Å². The van der Waals surface area contributed by atoms with Crippen LogP contribution in [-0.2, 0) is 9.59 Å². The first-order valence-electron chi connectivity index (χ1n) is 6.40. The van der Waals surface area contributed by atoms with Gasteiger partial charge in [0, 0.05) is 45.1 Å². The third kappa shape index (κ3) is 3.19. The summed E-state index contributed by atoms with van der Waals surface area (Å²) in [6.07, 6.45) is 3.01. The highest BCUT2D eigenvalue weighted by molar-refractivity contribution is 5.81. The molecular formula is C12H20N2O3. The number of aliphatic hydroxyl groups excluding tert-OH is 1. The summed E-state index contributed by atoms with van der Waals surface area (Å²) in [7, 11) is 0. The van der Waals surface area contributed by atoms with Crippen LogP contribution in [0.4, 0.5) is 0 Å². The van der Waals surface area contributed by atoms with E-state index in [1.165, 1.54) is 0 Å². The summed E-state index contributed by atoms with van der Waals surface area (Å²) in [5, 5.41) is 8.67. The van der Waals surface area contributed by atoms with E-state index in [1.807, 2.05) is 4.90 Å². The van der Waals surface area contributed by atoms with Gasteiger partial charge in [0.15, 0.2) is 0 Å². The van der Waals surface area contributed by atoms with Crippen molar-refractivity contribution < 1.29 is 14.7 Å². The van der Waals surface area contributed by atoms with Crippen molar-refractivity contribution in [3.63, 3.8) is 0 Å². The summed E-state index contributed by atoms with van der Waals surface area (Å²) < 4.78 is 0. The zero-order valence-corrected chi connectivity index (χ0v) is 10.1. The van der Waals surface area contributed by atoms with Crippen LogP contribution in [0.15, 0.2) is 0 Å². The van der Waals surface area contributed by atoms with Gasteiger partial charge in [0.1, 0.15) is 0 Å². The Hall–Kier alpha value is -1.10. The molecule has 0 atom stereocenters. The van der Waals surface area contributed by atoms with Gasteiger partial charge in [-0.05, 0) is 19.3 Å². The van der Waals surface area contributed by atoms with Crippen LogP contribution in [0.3, 0.4) is 0 Å². The highest BCUT2D eigenvalue weighted by atomic mass is 16.3. The van der Waals surface area contributed by atoms with Gasteiger partial charge in [-0.2, -0.15) is 0 Å². The van der Waals surface area contributed by atoms with Crippen LogP contribution in [0.2, 0.25) is 0 Å². The van der Waals surface area contributed by atoms with E-state index in [1.54, 1.807) is 4.90 Å². The summed E-state index contributed by atoms with van der Waals surface area (Å²) in [6.45, 7) is 2.68. The Morgan fingerprint density at radius 3 is 2.18 bits per heavy atom. The Kier molecular flexibility index (Phi) is 3.99. The van der Waals surface area contributed by atoms with E-state index >= 15 is 0 Å². The van der Waals surface area contributed by atoms with Crippen LogP contribution in [0.5, 0.6) is 0 Å². The molecule has 2 rings (SSSR count). The summed E-state index contributed by atoms with van der Waals surface area (Å²) in [4.78, 5) is 27.2. The zero-order chi connectivity index (χ0) is 12.3. The van der Waals surface area contributed by atoms with E-state index < -0.39 is 0 Å². The number of nitrogens with zero attached hydrogens (tertiary/aromatic N) is 2. The third-order valence-corrected chi connectivity index (χ3v) is 3.42. The minimum Gasteiger partial charge on any atom is -0.396 e. The van der Waals surface area contributed by atoms with Crippen LogP contribution in [0.1, 0.15) is 25.7 Å². The largest absolute Gasteiger partial charge is 0.396 e. The number of rotatable bonds is 4. The van der Waals surface area contributed by atoms with Crippen LogP contribution in [0.25, 0.3) is 0 Å². The third-order valence-electron chi connectivity index (χ3n) is 3.42. The monoisotopic (exact) mass is 240 g/mol. The molecule has 1 aliphatic heterocycles. The summed E-state index contributed by atoms with van der Waals surface area (Å²) >= 11 is 0. The van der Waals surface area contributed by atoms with E-state index in [-0.39, 0.29) is 24.3 Å². The molecule has 2 fully saturated rings. The fraction of sp³-hybridized carbons (Fsp3) is 0.833. The van der Waals surface area contributed by atoms with Gasteiger partial charge in [0.2, 0.25) is 11.8 Å². The summed E-state index contributed by atoms with van der Waals surface area (Å²) in [5.74, 6) is 0.636. The number of hydrogen-bond acceptors (Lipinski definition) is 3. The van der Waals surface area contributed by atoms with Gasteiger partial charge in [-0.1, -0.05) is 0 Å². The molecular weight excluding hydrogens is 220 g/mol. The molecule has 1 heterocycles. The molecule has 0 aromatic carbocycles. The highest BCUT2D eigenvalue weighted by Gasteiger charge is 2.34. The van der Waals surface area contributed by atoms with Crippen LogP contribution >= 0.6 is 0 Å². The lowest BCUT2D eigenvalue weighted by Crippen LogP contribution is -2.51. The quantitative estimate of drug-likeness (QED) is 0.743. The normalized spacial score (nSPS) is 20.5. The fourth-order valence-electron chi connectivity index (χ4n) is 2.15. The van der Waals surface area contributed by atoms with E-state index in [2.05, 4.69) is 0 Å². The standard InChI is InChI=1S/C12H20N2O3/c15-9-1-2-11(16)13-5-7-14(8-6-13)12(17)10-3-4-10/h10,15H,1-9H2. The molecule has 0 aromatic heterocycles. The molecule has 0 spiro atoms. The highest BCUT2D eigenvalue weighted by Crippen LogP contribution is 2.31. The predicted molar refractivity (Wildman–Crippen MR) is 62.2 cm³/mol. The number of aliphatic hydroxyl groups is 1. The van der Waals surface area contributed by atoms with E-state index in [9.17, 15) is 9.59 Å². The number of hydrogen-bond donors (Lipinski definition) is 1. The second-order valence-electron chi connectivity index (χ2n) is 4.81. The first-order valence-corrected chi connectivity index (χ1v) is 6.40. The molecule has 2 amide bonds. The minimum atomic E-state index is 0.0614. The van der Waals surface area contributed by atoms with Crippen molar-refractivity contribution >= 4 is 11.8 Å². The van der Waals surface area contributed by atoms with E-state index in [0.717, 1.165) is 12.8 Å². The van der Waals surface area contributed by atoms with Gasteiger partial charge in [-0.25, -0.2) is 0 Å². The Labute approximate surface area is 101 Å². The van der Waals surface area contributed by atoms with Gasteiger partial charge >= 0.3 is 0 Å². The van der Waals surface area contributed by atoms with E-state index in [0.29, 0.717) is 39.0 Å². The fourth-order valence-corrected chi connectivity index (χ4v) is 2.15. The molecule has 0 radical (unpaired) electrons. The number of carbonyl (C=O) groups excluding carboxylic acids is 2. The van der Waals surface area contributed by atoms with Gasteiger partial charge in [0.25, 0.3) is 0 Å². The van der Waals surface area contributed by atoms with Crippen molar-refractivity contribution in [2.75, 3.05) is 32.8 Å². The topological polar surface area (TPSA) is 60.9 Å². The number of amides is 2. The van der Waals surface area contributed by atoms with Crippen LogP contribution < -0.4 is 0 Å². The average Bonchev–Trinajstić information content (AvgIpc) is 3.19. The molecule has 0 bridgehead atoms. The molecule has 5 nitrogen and oxygen atoms in total. The lowest BCUT2D eigenvalue weighted by Gasteiger charge is -2.35. The first kappa shape index (κ1) is 12.4. The molecule has 1 saturated carbocycles. The van der Waals surface area contributed by atoms with Gasteiger partial charge in [-0.3, -0.25) is 9.59 Å². The SMILES string of the molecule is O=C(CCCO)N1CCN(C(=O)C2CC2)CC1. The Morgan fingerprint density at radius 2 is 1.65 bits per heavy atom. The molecule has 5 heteroatoms. The maximum Gasteiger partial charge on any atom is 0.225 e. The van der Waals surface area contributed by atoms with Crippen molar-refractivity contribution in [1.82, 2.24) is 9.80 Å². The Morgan fingerprint density at radius 1 is 1.06 bits per heavy atom. The smallest absolute Gasteiger partial charge is 0.225 e. The predicted octanol–water partition coefficient (Wildman–Crippen LogP) is -0.160. The van der Waals surface area contributed by atoms with Crippen molar-refractivity contribution in [2.24, 2.45) is 5.92 Å². The minimum absolute atomic E-state index is 0.0614. The maximum atomic E-state index is 11.8. The van der Waals surface area contributed by atoms with Gasteiger partial charge < -0.3 is 14.9 Å². The Bertz CT molecular complexity index is 294. The Balaban J connectivity index is 1.73.